The Morgan fingerprint density at radius 1 is 1.18 bits per heavy atom. The van der Waals surface area contributed by atoms with Crippen LogP contribution in [0.3, 0.4) is 0 Å². The van der Waals surface area contributed by atoms with Crippen molar-refractivity contribution >= 4 is 23.4 Å². The van der Waals surface area contributed by atoms with Crippen LogP contribution in [0.25, 0.3) is 11.1 Å². The van der Waals surface area contributed by atoms with Crippen LogP contribution >= 0.6 is 0 Å². The molecule has 2 atom stereocenters. The Balaban J connectivity index is 1.85. The number of Topliss-reactive ketones (excluding diaryl/α,β-unsaturated/α-hetero) is 1. The third-order valence-corrected chi connectivity index (χ3v) is 5.40. The number of aromatic nitrogens is 1. The van der Waals surface area contributed by atoms with E-state index in [0.29, 0.717) is 22.5 Å². The molecule has 0 saturated carbocycles. The van der Waals surface area contributed by atoms with Gasteiger partial charge in [0.2, 0.25) is 5.91 Å². The lowest BCUT2D eigenvalue weighted by Gasteiger charge is -2.26. The van der Waals surface area contributed by atoms with Crippen molar-refractivity contribution in [2.75, 3.05) is 18.1 Å². The molecule has 3 rings (SSSR count). The average Bonchev–Trinajstić information content (AvgIpc) is 2.87. The third kappa shape index (κ3) is 5.75. The first kappa shape index (κ1) is 24.4. The predicted molar refractivity (Wildman–Crippen MR) is 114 cm³/mol. The number of hydrogen-bond acceptors (Lipinski definition) is 5. The Morgan fingerprint density at radius 3 is 2.58 bits per heavy atom. The number of hydrogen-bond donors (Lipinski definition) is 2. The van der Waals surface area contributed by atoms with Crippen molar-refractivity contribution in [3.63, 3.8) is 0 Å². The number of anilines is 1. The summed E-state index contributed by atoms with van der Waals surface area (Å²) in [4.78, 5) is 43.8. The van der Waals surface area contributed by atoms with E-state index in [4.69, 9.17) is 0 Å². The van der Waals surface area contributed by atoms with Gasteiger partial charge in [0, 0.05) is 30.5 Å². The molecular formula is C23H24F3N3O4. The fourth-order valence-electron chi connectivity index (χ4n) is 3.77. The highest BCUT2D eigenvalue weighted by Crippen LogP contribution is 2.38. The summed E-state index contributed by atoms with van der Waals surface area (Å²) >= 11 is 0. The normalized spacial score (nSPS) is 16.5. The molecular weight excluding hydrogens is 439 g/mol. The molecule has 0 unspecified atom stereocenters. The first-order valence-electron chi connectivity index (χ1n) is 10.5. The molecule has 1 aliphatic rings. The molecule has 0 aliphatic carbocycles. The molecule has 2 amide bonds. The van der Waals surface area contributed by atoms with Crippen LogP contribution in [0.1, 0.15) is 37.8 Å². The summed E-state index contributed by atoms with van der Waals surface area (Å²) in [6.45, 7) is 1.05. The van der Waals surface area contributed by atoms with Crippen LogP contribution in [0, 0.1) is 5.92 Å². The van der Waals surface area contributed by atoms with Crippen LogP contribution < -0.4 is 10.2 Å². The quantitative estimate of drug-likeness (QED) is 0.627. The maximum Gasteiger partial charge on any atom is 0.389 e. The fraction of sp³-hybridized carbons (Fsp3) is 0.391. The smallest absolute Gasteiger partial charge is 0.389 e. The van der Waals surface area contributed by atoms with Gasteiger partial charge in [-0.2, -0.15) is 13.2 Å². The van der Waals surface area contributed by atoms with E-state index in [2.05, 4.69) is 10.3 Å². The zero-order valence-electron chi connectivity index (χ0n) is 17.9. The van der Waals surface area contributed by atoms with E-state index in [1.807, 2.05) is 0 Å². The summed E-state index contributed by atoms with van der Waals surface area (Å²) in [6, 6.07) is 9.35. The second kappa shape index (κ2) is 10.1. The minimum Gasteiger partial charge on any atom is -0.395 e. The summed E-state index contributed by atoms with van der Waals surface area (Å²) in [6.07, 6.45) is -5.23. The van der Waals surface area contributed by atoms with Gasteiger partial charge in [-0.05, 0) is 23.3 Å². The van der Waals surface area contributed by atoms with Crippen LogP contribution in [-0.2, 0) is 14.4 Å². The van der Waals surface area contributed by atoms with Crippen LogP contribution in [0.4, 0.5) is 19.0 Å². The highest BCUT2D eigenvalue weighted by Gasteiger charge is 2.36. The molecule has 0 saturated heterocycles. The molecule has 1 aromatic carbocycles. The van der Waals surface area contributed by atoms with Crippen molar-refractivity contribution in [3.8, 4) is 11.1 Å². The summed E-state index contributed by atoms with van der Waals surface area (Å²) in [5, 5.41) is 12.2. The lowest BCUT2D eigenvalue weighted by Crippen LogP contribution is -2.45. The van der Waals surface area contributed by atoms with Crippen LogP contribution in [0.15, 0.2) is 42.6 Å². The standard InChI is InChI=1S/C23H24F3N3O4/c1-14(13-15(31)8-9-23(24,25)26)21(32)28-19-17-6-3-2-5-16(17)18-7-4-10-27-20(18)29(11-12-30)22(19)33/h2-7,10,14,19,30H,8-9,11-13H2,1H3,(H,28,32)/t14-,19-/m1/s1. The molecule has 7 nitrogen and oxygen atoms in total. The van der Waals surface area contributed by atoms with Crippen LogP contribution in [0.5, 0.6) is 0 Å². The van der Waals surface area contributed by atoms with Gasteiger partial charge in [0.15, 0.2) is 0 Å². The van der Waals surface area contributed by atoms with Gasteiger partial charge in [-0.1, -0.05) is 31.2 Å². The first-order chi connectivity index (χ1) is 15.6. The molecule has 0 spiro atoms. The number of ketones is 1. The number of nitrogens with one attached hydrogen (secondary N) is 1. The van der Waals surface area contributed by atoms with Crippen molar-refractivity contribution in [3.05, 3.63) is 48.2 Å². The molecule has 2 heterocycles. The minimum absolute atomic E-state index is 0.0469. The fourth-order valence-corrected chi connectivity index (χ4v) is 3.77. The number of β-amino-alcohol motifs (C(OH)–C–C–N with tert-alkyl or cyclic N) is 1. The number of halogens is 3. The highest BCUT2D eigenvalue weighted by molar-refractivity contribution is 6.05. The molecule has 0 bridgehead atoms. The van der Waals surface area contributed by atoms with Gasteiger partial charge in [0.25, 0.3) is 5.91 Å². The number of aliphatic hydroxyl groups excluding tert-OH is 1. The Labute approximate surface area is 188 Å². The van der Waals surface area contributed by atoms with Gasteiger partial charge >= 0.3 is 6.18 Å². The second-order valence-corrected chi connectivity index (χ2v) is 7.88. The molecule has 33 heavy (non-hydrogen) atoms. The van der Waals surface area contributed by atoms with E-state index in [9.17, 15) is 32.7 Å². The summed E-state index contributed by atoms with van der Waals surface area (Å²) in [7, 11) is 0. The van der Waals surface area contributed by atoms with Gasteiger partial charge in [0.05, 0.1) is 19.6 Å². The van der Waals surface area contributed by atoms with E-state index in [0.717, 1.165) is 0 Å². The number of alkyl halides is 3. The van der Waals surface area contributed by atoms with Gasteiger partial charge in [0.1, 0.15) is 17.6 Å². The number of nitrogens with zero attached hydrogens (tertiary/aromatic N) is 2. The molecule has 0 fully saturated rings. The van der Waals surface area contributed by atoms with E-state index in [1.165, 1.54) is 18.0 Å². The van der Waals surface area contributed by atoms with Crippen molar-refractivity contribution in [2.24, 2.45) is 5.92 Å². The van der Waals surface area contributed by atoms with E-state index < -0.39 is 48.6 Å². The van der Waals surface area contributed by atoms with Crippen molar-refractivity contribution in [1.82, 2.24) is 10.3 Å². The number of aliphatic hydroxyl groups is 1. The van der Waals surface area contributed by atoms with Gasteiger partial charge in [-0.25, -0.2) is 4.98 Å². The topological polar surface area (TPSA) is 99.6 Å². The number of benzene rings is 1. The second-order valence-electron chi connectivity index (χ2n) is 7.88. The van der Waals surface area contributed by atoms with Crippen molar-refractivity contribution < 1.29 is 32.7 Å². The van der Waals surface area contributed by atoms with E-state index in [1.54, 1.807) is 36.4 Å². The number of amides is 2. The molecule has 2 N–H and O–H groups in total. The lowest BCUT2D eigenvalue weighted by molar-refractivity contribution is -0.144. The Bertz CT molecular complexity index is 1040. The van der Waals surface area contributed by atoms with E-state index in [-0.39, 0.29) is 19.6 Å². The molecule has 10 heteroatoms. The van der Waals surface area contributed by atoms with Crippen LogP contribution in [0.2, 0.25) is 0 Å². The molecule has 1 aliphatic heterocycles. The van der Waals surface area contributed by atoms with Gasteiger partial charge in [-0.3, -0.25) is 19.3 Å². The summed E-state index contributed by atoms with van der Waals surface area (Å²) in [5.74, 6) is -2.41. The SMILES string of the molecule is C[C@H](CC(=O)CCC(F)(F)F)C(=O)N[C@H]1C(=O)N(CCO)c2ncccc2-c2ccccc21. The highest BCUT2D eigenvalue weighted by atomic mass is 19.4. The molecule has 176 valence electrons. The predicted octanol–water partition coefficient (Wildman–Crippen LogP) is 3.18. The number of pyridine rings is 1. The molecule has 2 aromatic rings. The number of carbonyl (C=O) groups is 3. The lowest BCUT2D eigenvalue weighted by atomic mass is 9.95. The number of carbonyl (C=O) groups excluding carboxylic acids is 3. The van der Waals surface area contributed by atoms with E-state index >= 15 is 0 Å². The summed E-state index contributed by atoms with van der Waals surface area (Å²) in [5.41, 5.74) is 1.84. The monoisotopic (exact) mass is 463 g/mol. The number of fused-ring (bicyclic) bond motifs is 3. The Morgan fingerprint density at radius 2 is 1.88 bits per heavy atom. The molecule has 1 aromatic heterocycles. The van der Waals surface area contributed by atoms with Crippen molar-refractivity contribution in [1.29, 1.82) is 0 Å². The average molecular weight is 463 g/mol. The minimum atomic E-state index is -4.45. The van der Waals surface area contributed by atoms with Gasteiger partial charge in [-0.15, -0.1) is 0 Å². The summed E-state index contributed by atoms with van der Waals surface area (Å²) < 4.78 is 37.1. The van der Waals surface area contributed by atoms with Crippen LogP contribution in [-0.4, -0.2) is 47.0 Å². The maximum atomic E-state index is 13.4. The first-order valence-corrected chi connectivity index (χ1v) is 10.5. The number of rotatable bonds is 8. The Hall–Kier alpha value is -3.27. The Kier molecular flexibility index (Phi) is 7.47. The largest absolute Gasteiger partial charge is 0.395 e. The zero-order chi connectivity index (χ0) is 24.2. The maximum absolute atomic E-state index is 13.4. The van der Waals surface area contributed by atoms with Crippen molar-refractivity contribution in [2.45, 2.75) is 38.4 Å². The molecule has 0 radical (unpaired) electrons. The third-order valence-electron chi connectivity index (χ3n) is 5.40. The van der Waals surface area contributed by atoms with Gasteiger partial charge < -0.3 is 10.4 Å². The zero-order valence-corrected chi connectivity index (χ0v) is 17.9.